The van der Waals surface area contributed by atoms with Crippen LogP contribution in [0, 0.1) is 0 Å². The first kappa shape index (κ1) is 17.9. The van der Waals surface area contributed by atoms with Gasteiger partial charge in [-0.05, 0) is 49.2 Å². The SMILES string of the molecule is CCOc1cc(CNCCc2ccc(Cl)cc2)c(Cl)cc1OC. The van der Waals surface area contributed by atoms with E-state index in [-0.39, 0.29) is 0 Å². The fraction of sp³-hybridized carbons (Fsp3) is 0.333. The number of hydrogen-bond acceptors (Lipinski definition) is 3. The van der Waals surface area contributed by atoms with E-state index in [1.54, 1.807) is 13.2 Å². The van der Waals surface area contributed by atoms with Crippen LogP contribution in [-0.4, -0.2) is 20.3 Å². The number of hydrogen-bond donors (Lipinski definition) is 1. The molecule has 0 aromatic heterocycles. The third-order valence-electron chi connectivity index (χ3n) is 3.45. The third-order valence-corrected chi connectivity index (χ3v) is 4.06. The molecule has 0 bridgehead atoms. The molecule has 0 aliphatic rings. The van der Waals surface area contributed by atoms with Crippen LogP contribution in [0.1, 0.15) is 18.1 Å². The van der Waals surface area contributed by atoms with Crippen LogP contribution in [-0.2, 0) is 13.0 Å². The lowest BCUT2D eigenvalue weighted by Gasteiger charge is -2.13. The smallest absolute Gasteiger partial charge is 0.162 e. The zero-order valence-electron chi connectivity index (χ0n) is 13.4. The van der Waals surface area contributed by atoms with Crippen LogP contribution in [0.4, 0.5) is 0 Å². The van der Waals surface area contributed by atoms with Crippen LogP contribution in [0.2, 0.25) is 10.0 Å². The van der Waals surface area contributed by atoms with Gasteiger partial charge in [0.25, 0.3) is 0 Å². The van der Waals surface area contributed by atoms with Gasteiger partial charge in [-0.2, -0.15) is 0 Å². The van der Waals surface area contributed by atoms with E-state index < -0.39 is 0 Å². The van der Waals surface area contributed by atoms with Gasteiger partial charge in [0.1, 0.15) is 0 Å². The number of ether oxygens (including phenoxy) is 2. The second-order valence-electron chi connectivity index (χ2n) is 5.08. The Morgan fingerprint density at radius 2 is 1.78 bits per heavy atom. The summed E-state index contributed by atoms with van der Waals surface area (Å²) in [6.07, 6.45) is 0.934. The van der Waals surface area contributed by atoms with E-state index >= 15 is 0 Å². The Labute approximate surface area is 147 Å². The van der Waals surface area contributed by atoms with Crippen LogP contribution in [0.25, 0.3) is 0 Å². The van der Waals surface area contributed by atoms with E-state index in [2.05, 4.69) is 5.32 Å². The number of halogens is 2. The summed E-state index contributed by atoms with van der Waals surface area (Å²) >= 11 is 12.2. The van der Waals surface area contributed by atoms with Gasteiger partial charge < -0.3 is 14.8 Å². The largest absolute Gasteiger partial charge is 0.493 e. The van der Waals surface area contributed by atoms with Crippen molar-refractivity contribution in [3.63, 3.8) is 0 Å². The predicted octanol–water partition coefficient (Wildman–Crippen LogP) is 4.73. The lowest BCUT2D eigenvalue weighted by molar-refractivity contribution is 0.310. The molecular formula is C18H21Cl2NO2. The number of methoxy groups -OCH3 is 1. The molecule has 0 aliphatic heterocycles. The average Bonchev–Trinajstić information content (AvgIpc) is 2.55. The topological polar surface area (TPSA) is 30.5 Å². The molecule has 23 heavy (non-hydrogen) atoms. The van der Waals surface area contributed by atoms with Crippen LogP contribution in [0.3, 0.4) is 0 Å². The molecule has 124 valence electrons. The molecule has 2 aromatic carbocycles. The molecule has 0 amide bonds. The normalized spacial score (nSPS) is 10.6. The molecule has 2 aromatic rings. The molecule has 0 aliphatic carbocycles. The molecule has 0 unspecified atom stereocenters. The maximum Gasteiger partial charge on any atom is 0.162 e. The zero-order chi connectivity index (χ0) is 16.7. The van der Waals surface area contributed by atoms with E-state index in [1.807, 2.05) is 37.3 Å². The van der Waals surface area contributed by atoms with Gasteiger partial charge in [0, 0.05) is 22.7 Å². The quantitative estimate of drug-likeness (QED) is 0.695. The number of nitrogens with one attached hydrogen (secondary N) is 1. The third kappa shape index (κ3) is 5.31. The first-order valence-electron chi connectivity index (χ1n) is 7.58. The minimum Gasteiger partial charge on any atom is -0.493 e. The van der Waals surface area contributed by atoms with Gasteiger partial charge in [0.15, 0.2) is 11.5 Å². The minimum atomic E-state index is 0.585. The van der Waals surface area contributed by atoms with E-state index in [1.165, 1.54) is 5.56 Å². The number of rotatable bonds is 8. The highest BCUT2D eigenvalue weighted by atomic mass is 35.5. The molecule has 0 saturated carbocycles. The number of benzene rings is 2. The molecule has 0 atom stereocenters. The van der Waals surface area contributed by atoms with Gasteiger partial charge in [0.2, 0.25) is 0 Å². The van der Waals surface area contributed by atoms with Crippen LogP contribution >= 0.6 is 23.2 Å². The van der Waals surface area contributed by atoms with Crippen molar-refractivity contribution in [3.8, 4) is 11.5 Å². The first-order valence-corrected chi connectivity index (χ1v) is 8.34. The second-order valence-corrected chi connectivity index (χ2v) is 5.92. The van der Waals surface area contributed by atoms with Crippen molar-refractivity contribution in [2.24, 2.45) is 0 Å². The Morgan fingerprint density at radius 1 is 1.04 bits per heavy atom. The Balaban J connectivity index is 1.92. The second kappa shape index (κ2) is 9.02. The molecule has 0 fully saturated rings. The van der Waals surface area contributed by atoms with Crippen molar-refractivity contribution in [1.82, 2.24) is 5.32 Å². The Kier molecular flexibility index (Phi) is 7.03. The van der Waals surface area contributed by atoms with Crippen LogP contribution < -0.4 is 14.8 Å². The van der Waals surface area contributed by atoms with Crippen LogP contribution in [0.5, 0.6) is 11.5 Å². The molecule has 2 rings (SSSR count). The Bertz CT molecular complexity index is 630. The molecule has 0 radical (unpaired) electrons. The maximum atomic E-state index is 6.30. The van der Waals surface area contributed by atoms with E-state index in [4.69, 9.17) is 32.7 Å². The van der Waals surface area contributed by atoms with Gasteiger partial charge >= 0.3 is 0 Å². The van der Waals surface area contributed by atoms with Crippen molar-refractivity contribution in [1.29, 1.82) is 0 Å². The van der Waals surface area contributed by atoms with Crippen molar-refractivity contribution < 1.29 is 9.47 Å². The van der Waals surface area contributed by atoms with Crippen LogP contribution in [0.15, 0.2) is 36.4 Å². The standard InChI is InChI=1S/C18H21Cl2NO2/c1-3-23-18-10-14(16(20)11-17(18)22-2)12-21-9-8-13-4-6-15(19)7-5-13/h4-7,10-11,21H,3,8-9,12H2,1-2H3. The molecule has 0 spiro atoms. The lowest BCUT2D eigenvalue weighted by Crippen LogP contribution is -2.17. The summed E-state index contributed by atoms with van der Waals surface area (Å²) < 4.78 is 10.9. The zero-order valence-corrected chi connectivity index (χ0v) is 14.9. The van der Waals surface area contributed by atoms with E-state index in [0.717, 1.165) is 23.6 Å². The van der Waals surface area contributed by atoms with Crippen molar-refractivity contribution in [2.45, 2.75) is 19.9 Å². The summed E-state index contributed by atoms with van der Waals surface area (Å²) in [5.41, 5.74) is 2.24. The summed E-state index contributed by atoms with van der Waals surface area (Å²) in [6.45, 7) is 4.06. The molecular weight excluding hydrogens is 333 g/mol. The highest BCUT2D eigenvalue weighted by Gasteiger charge is 2.10. The van der Waals surface area contributed by atoms with Crippen molar-refractivity contribution >= 4 is 23.2 Å². The van der Waals surface area contributed by atoms with Crippen molar-refractivity contribution in [2.75, 3.05) is 20.3 Å². The fourth-order valence-corrected chi connectivity index (χ4v) is 2.59. The fourth-order valence-electron chi connectivity index (χ4n) is 2.25. The lowest BCUT2D eigenvalue weighted by atomic mass is 10.1. The molecule has 0 saturated heterocycles. The summed E-state index contributed by atoms with van der Waals surface area (Å²) in [5.74, 6) is 1.37. The van der Waals surface area contributed by atoms with Gasteiger partial charge in [-0.1, -0.05) is 35.3 Å². The van der Waals surface area contributed by atoms with Gasteiger partial charge in [0.05, 0.1) is 13.7 Å². The highest BCUT2D eigenvalue weighted by molar-refractivity contribution is 6.31. The monoisotopic (exact) mass is 353 g/mol. The van der Waals surface area contributed by atoms with E-state index in [9.17, 15) is 0 Å². The van der Waals surface area contributed by atoms with E-state index in [0.29, 0.717) is 29.7 Å². The molecule has 3 nitrogen and oxygen atoms in total. The molecule has 5 heteroatoms. The summed E-state index contributed by atoms with van der Waals surface area (Å²) in [7, 11) is 1.61. The first-order chi connectivity index (χ1) is 11.1. The predicted molar refractivity (Wildman–Crippen MR) is 96.0 cm³/mol. The van der Waals surface area contributed by atoms with Gasteiger partial charge in [-0.3, -0.25) is 0 Å². The molecule has 1 N–H and O–H groups in total. The minimum absolute atomic E-state index is 0.585. The highest BCUT2D eigenvalue weighted by Crippen LogP contribution is 2.33. The van der Waals surface area contributed by atoms with Crippen molar-refractivity contribution in [3.05, 3.63) is 57.6 Å². The maximum absolute atomic E-state index is 6.30. The summed E-state index contributed by atoms with van der Waals surface area (Å²) in [6, 6.07) is 11.6. The van der Waals surface area contributed by atoms with Gasteiger partial charge in [-0.25, -0.2) is 0 Å². The van der Waals surface area contributed by atoms with Gasteiger partial charge in [-0.15, -0.1) is 0 Å². The summed E-state index contributed by atoms with van der Waals surface area (Å²) in [4.78, 5) is 0. The molecule has 0 heterocycles. The Hall–Kier alpha value is -1.42. The Morgan fingerprint density at radius 3 is 2.43 bits per heavy atom. The average molecular weight is 354 g/mol. The summed E-state index contributed by atoms with van der Waals surface area (Å²) in [5, 5.41) is 4.83.